The Morgan fingerprint density at radius 3 is 2.92 bits per heavy atom. The van der Waals surface area contributed by atoms with Crippen molar-refractivity contribution in [3.63, 3.8) is 0 Å². The number of carbonyl (C=O) groups excluding carboxylic acids is 2. The Kier molecular flexibility index (Phi) is 4.17. The fourth-order valence-electron chi connectivity index (χ4n) is 2.46. The van der Waals surface area contributed by atoms with Crippen LogP contribution in [0.15, 0.2) is 42.5 Å². The van der Waals surface area contributed by atoms with Crippen molar-refractivity contribution in [1.29, 1.82) is 5.26 Å². The first-order valence-electron chi connectivity index (χ1n) is 7.43. The van der Waals surface area contributed by atoms with Crippen molar-refractivity contribution < 1.29 is 14.3 Å². The first-order valence-corrected chi connectivity index (χ1v) is 7.43. The van der Waals surface area contributed by atoms with Crippen LogP contribution in [0.3, 0.4) is 0 Å². The maximum atomic E-state index is 12.4. The van der Waals surface area contributed by atoms with Gasteiger partial charge in [0.1, 0.15) is 5.75 Å². The molecule has 2 aromatic carbocycles. The van der Waals surface area contributed by atoms with Gasteiger partial charge in [-0.15, -0.1) is 0 Å². The molecule has 0 fully saturated rings. The number of nitriles is 1. The van der Waals surface area contributed by atoms with Gasteiger partial charge in [-0.1, -0.05) is 6.07 Å². The van der Waals surface area contributed by atoms with E-state index in [-0.39, 0.29) is 11.8 Å². The largest absolute Gasteiger partial charge is 0.491 e. The van der Waals surface area contributed by atoms with Crippen LogP contribution in [0.25, 0.3) is 0 Å². The third-order valence-electron chi connectivity index (χ3n) is 3.78. The molecule has 0 aromatic heterocycles. The van der Waals surface area contributed by atoms with Crippen molar-refractivity contribution in [3.8, 4) is 11.8 Å². The van der Waals surface area contributed by atoms with E-state index in [4.69, 9.17) is 10.00 Å². The normalized spacial score (nSPS) is 13.3. The van der Waals surface area contributed by atoms with E-state index >= 15 is 0 Å². The summed E-state index contributed by atoms with van der Waals surface area (Å²) in [5, 5.41) is 11.7. The van der Waals surface area contributed by atoms with Gasteiger partial charge in [-0.05, 0) is 36.4 Å². The fraction of sp³-hybridized carbons (Fsp3) is 0.167. The second-order valence-electron chi connectivity index (χ2n) is 5.38. The molecular weight excluding hydrogens is 306 g/mol. The summed E-state index contributed by atoms with van der Waals surface area (Å²) < 4.78 is 5.54. The first-order chi connectivity index (χ1) is 11.6. The lowest BCUT2D eigenvalue weighted by atomic mass is 10.1. The van der Waals surface area contributed by atoms with Crippen LogP contribution in [0, 0.1) is 11.3 Å². The maximum Gasteiger partial charge on any atom is 0.255 e. The van der Waals surface area contributed by atoms with E-state index in [1.54, 1.807) is 49.5 Å². The van der Waals surface area contributed by atoms with Crippen molar-refractivity contribution in [2.45, 2.75) is 6.42 Å². The lowest BCUT2D eigenvalue weighted by Crippen LogP contribution is -2.25. The smallest absolute Gasteiger partial charge is 0.255 e. The van der Waals surface area contributed by atoms with E-state index in [0.29, 0.717) is 41.3 Å². The molecule has 0 atom stereocenters. The van der Waals surface area contributed by atoms with E-state index in [1.165, 1.54) is 4.90 Å². The summed E-state index contributed by atoms with van der Waals surface area (Å²) in [6, 6.07) is 13.7. The van der Waals surface area contributed by atoms with Crippen LogP contribution < -0.4 is 15.0 Å². The SMILES string of the molecule is CN1C(=O)CCOc2ccc(C(=O)Nc3cccc(C#N)c3)cc21. The predicted molar refractivity (Wildman–Crippen MR) is 89.1 cm³/mol. The molecule has 0 aliphatic carbocycles. The van der Waals surface area contributed by atoms with Crippen molar-refractivity contribution >= 4 is 23.2 Å². The van der Waals surface area contributed by atoms with Crippen LogP contribution in [-0.4, -0.2) is 25.5 Å². The number of nitrogens with zero attached hydrogens (tertiary/aromatic N) is 2. The second-order valence-corrected chi connectivity index (χ2v) is 5.38. The van der Waals surface area contributed by atoms with E-state index in [2.05, 4.69) is 5.32 Å². The summed E-state index contributed by atoms with van der Waals surface area (Å²) in [6.07, 6.45) is 0.299. The number of fused-ring (bicyclic) bond motifs is 1. The highest BCUT2D eigenvalue weighted by Crippen LogP contribution is 2.31. The summed E-state index contributed by atoms with van der Waals surface area (Å²) in [5.41, 5.74) is 1.97. The molecule has 1 N–H and O–H groups in total. The molecule has 3 rings (SSSR count). The van der Waals surface area contributed by atoms with Crippen LogP contribution in [-0.2, 0) is 4.79 Å². The summed E-state index contributed by atoms with van der Waals surface area (Å²) in [7, 11) is 1.66. The molecule has 0 saturated heterocycles. The number of amides is 2. The number of hydrogen-bond acceptors (Lipinski definition) is 4. The summed E-state index contributed by atoms with van der Waals surface area (Å²) in [6.45, 7) is 0.322. The highest BCUT2D eigenvalue weighted by molar-refractivity contribution is 6.06. The third-order valence-corrected chi connectivity index (χ3v) is 3.78. The quantitative estimate of drug-likeness (QED) is 0.921. The Morgan fingerprint density at radius 2 is 2.12 bits per heavy atom. The highest BCUT2D eigenvalue weighted by Gasteiger charge is 2.21. The zero-order chi connectivity index (χ0) is 17.1. The molecular formula is C18H15N3O3. The average molecular weight is 321 g/mol. The minimum Gasteiger partial charge on any atom is -0.491 e. The summed E-state index contributed by atoms with van der Waals surface area (Å²) in [5.74, 6) is 0.192. The number of nitrogens with one attached hydrogen (secondary N) is 1. The van der Waals surface area contributed by atoms with Gasteiger partial charge in [0.05, 0.1) is 30.3 Å². The number of hydrogen-bond donors (Lipinski definition) is 1. The molecule has 24 heavy (non-hydrogen) atoms. The van der Waals surface area contributed by atoms with Crippen molar-refractivity contribution in [3.05, 3.63) is 53.6 Å². The predicted octanol–water partition coefficient (Wildman–Crippen LogP) is 2.56. The topological polar surface area (TPSA) is 82.4 Å². The van der Waals surface area contributed by atoms with Gasteiger partial charge in [0, 0.05) is 18.3 Å². The zero-order valence-corrected chi connectivity index (χ0v) is 13.1. The monoisotopic (exact) mass is 321 g/mol. The Hall–Kier alpha value is -3.33. The molecule has 0 saturated carbocycles. The summed E-state index contributed by atoms with van der Waals surface area (Å²) in [4.78, 5) is 25.9. The van der Waals surface area contributed by atoms with Crippen LogP contribution in [0.4, 0.5) is 11.4 Å². The van der Waals surface area contributed by atoms with Gasteiger partial charge in [0.25, 0.3) is 5.91 Å². The van der Waals surface area contributed by atoms with Gasteiger partial charge in [-0.25, -0.2) is 0 Å². The average Bonchev–Trinajstić information content (AvgIpc) is 2.74. The molecule has 0 spiro atoms. The standard InChI is InChI=1S/C18H15N3O3/c1-21-15-10-13(5-6-16(15)24-8-7-17(21)22)18(23)20-14-4-2-3-12(9-14)11-19/h2-6,9-10H,7-8H2,1H3,(H,20,23). The molecule has 2 aromatic rings. The number of benzene rings is 2. The fourth-order valence-corrected chi connectivity index (χ4v) is 2.46. The lowest BCUT2D eigenvalue weighted by molar-refractivity contribution is -0.118. The molecule has 1 aliphatic rings. The van der Waals surface area contributed by atoms with Gasteiger partial charge in [0.15, 0.2) is 0 Å². The number of carbonyl (C=O) groups is 2. The van der Waals surface area contributed by atoms with Gasteiger partial charge in [0.2, 0.25) is 5.91 Å². The molecule has 0 bridgehead atoms. The van der Waals surface area contributed by atoms with Crippen LogP contribution >= 0.6 is 0 Å². The first kappa shape index (κ1) is 15.6. The van der Waals surface area contributed by atoms with Gasteiger partial charge in [-0.2, -0.15) is 5.26 Å². The number of anilines is 2. The van der Waals surface area contributed by atoms with Crippen molar-refractivity contribution in [1.82, 2.24) is 0 Å². The lowest BCUT2D eigenvalue weighted by Gasteiger charge is -2.17. The Bertz CT molecular complexity index is 855. The van der Waals surface area contributed by atoms with E-state index < -0.39 is 0 Å². The summed E-state index contributed by atoms with van der Waals surface area (Å²) >= 11 is 0. The molecule has 1 heterocycles. The van der Waals surface area contributed by atoms with Crippen LogP contribution in [0.1, 0.15) is 22.3 Å². The van der Waals surface area contributed by atoms with Crippen LogP contribution in [0.2, 0.25) is 0 Å². The Morgan fingerprint density at radius 1 is 1.29 bits per heavy atom. The van der Waals surface area contributed by atoms with E-state index in [0.717, 1.165) is 0 Å². The second kappa shape index (κ2) is 6.42. The highest BCUT2D eigenvalue weighted by atomic mass is 16.5. The molecule has 1 aliphatic heterocycles. The van der Waals surface area contributed by atoms with Crippen molar-refractivity contribution in [2.75, 3.05) is 23.9 Å². The van der Waals surface area contributed by atoms with Gasteiger partial charge >= 0.3 is 0 Å². The molecule has 0 unspecified atom stereocenters. The molecule has 6 nitrogen and oxygen atoms in total. The Labute approximate surface area is 139 Å². The minimum absolute atomic E-state index is 0.0620. The maximum absolute atomic E-state index is 12.4. The molecule has 0 radical (unpaired) electrons. The minimum atomic E-state index is -0.321. The molecule has 2 amide bonds. The van der Waals surface area contributed by atoms with E-state index in [9.17, 15) is 9.59 Å². The van der Waals surface area contributed by atoms with Crippen molar-refractivity contribution in [2.24, 2.45) is 0 Å². The number of ether oxygens (including phenoxy) is 1. The Balaban J connectivity index is 1.87. The molecule has 6 heteroatoms. The zero-order valence-electron chi connectivity index (χ0n) is 13.1. The number of rotatable bonds is 2. The molecule has 120 valence electrons. The van der Waals surface area contributed by atoms with Gasteiger partial charge in [-0.3, -0.25) is 9.59 Å². The van der Waals surface area contributed by atoms with E-state index in [1.807, 2.05) is 6.07 Å². The van der Waals surface area contributed by atoms with Gasteiger partial charge < -0.3 is 15.0 Å². The van der Waals surface area contributed by atoms with Crippen LogP contribution in [0.5, 0.6) is 5.75 Å². The third kappa shape index (κ3) is 3.06.